The van der Waals surface area contributed by atoms with Crippen LogP contribution in [0.5, 0.6) is 0 Å². The lowest BCUT2D eigenvalue weighted by Gasteiger charge is -2.27. The molecule has 0 radical (unpaired) electrons. The molecule has 1 rings (SSSR count). The molecule has 4 nitrogen and oxygen atoms in total. The van der Waals surface area contributed by atoms with Crippen molar-refractivity contribution in [3.63, 3.8) is 0 Å². The van der Waals surface area contributed by atoms with Crippen molar-refractivity contribution >= 4 is 17.4 Å². The topological polar surface area (TPSA) is 49.2 Å². The second-order valence-corrected chi connectivity index (χ2v) is 4.64. The first-order chi connectivity index (χ1) is 6.81. The molecule has 0 unspecified atom stereocenters. The van der Waals surface area contributed by atoms with Gasteiger partial charge >= 0.3 is 0 Å². The van der Waals surface area contributed by atoms with E-state index in [0.29, 0.717) is 11.7 Å². The summed E-state index contributed by atoms with van der Waals surface area (Å²) >= 11 is 5.89. The minimum absolute atomic E-state index is 0.447. The zero-order valence-corrected chi connectivity index (χ0v) is 10.2. The molecule has 0 bridgehead atoms. The molecule has 0 fully saturated rings. The van der Waals surface area contributed by atoms with Crippen LogP contribution in [0.4, 0.5) is 5.82 Å². The summed E-state index contributed by atoms with van der Waals surface area (Å²) in [7, 11) is 1.86. The van der Waals surface area contributed by atoms with Gasteiger partial charge in [0.15, 0.2) is 0 Å². The van der Waals surface area contributed by atoms with Crippen LogP contribution in [-0.4, -0.2) is 34.3 Å². The van der Waals surface area contributed by atoms with E-state index >= 15 is 0 Å². The van der Waals surface area contributed by atoms with E-state index in [0.717, 1.165) is 11.4 Å². The smallest absolute Gasteiger partial charge is 0.137 e. The molecule has 0 aromatic carbocycles. The van der Waals surface area contributed by atoms with Gasteiger partial charge in [0.05, 0.1) is 5.60 Å². The molecule has 1 heterocycles. The lowest BCUT2D eigenvalue weighted by molar-refractivity contribution is 0.0884. The van der Waals surface area contributed by atoms with Gasteiger partial charge in [-0.2, -0.15) is 0 Å². The average Bonchev–Trinajstić information content (AvgIpc) is 2.06. The molecule has 1 aromatic heterocycles. The van der Waals surface area contributed by atoms with E-state index in [4.69, 9.17) is 11.6 Å². The average molecular weight is 230 g/mol. The number of aromatic nitrogens is 2. The molecule has 0 aliphatic rings. The van der Waals surface area contributed by atoms with Crippen molar-refractivity contribution in [1.82, 2.24) is 9.97 Å². The third kappa shape index (κ3) is 3.32. The summed E-state index contributed by atoms with van der Waals surface area (Å²) in [6, 6.07) is 0. The third-order valence-corrected chi connectivity index (χ3v) is 2.36. The number of halogens is 1. The minimum Gasteiger partial charge on any atom is -0.389 e. The molecule has 1 N–H and O–H groups in total. The Labute approximate surface area is 94.9 Å². The van der Waals surface area contributed by atoms with Gasteiger partial charge in [-0.25, -0.2) is 9.97 Å². The summed E-state index contributed by atoms with van der Waals surface area (Å²) in [6.07, 6.45) is 1.42. The molecule has 84 valence electrons. The molecule has 0 aliphatic heterocycles. The molecule has 0 saturated carbocycles. The second-order valence-electron chi connectivity index (χ2n) is 4.28. The highest BCUT2D eigenvalue weighted by molar-refractivity contribution is 6.30. The summed E-state index contributed by atoms with van der Waals surface area (Å²) in [5, 5.41) is 10.1. The van der Waals surface area contributed by atoms with E-state index in [1.807, 2.05) is 18.9 Å². The number of hydrogen-bond acceptors (Lipinski definition) is 4. The Morgan fingerprint density at radius 3 is 2.60 bits per heavy atom. The van der Waals surface area contributed by atoms with Crippen LogP contribution in [-0.2, 0) is 0 Å². The first-order valence-electron chi connectivity index (χ1n) is 4.72. The van der Waals surface area contributed by atoms with Gasteiger partial charge in [-0.15, -0.1) is 0 Å². The van der Waals surface area contributed by atoms with Gasteiger partial charge in [0.2, 0.25) is 0 Å². The van der Waals surface area contributed by atoms with Gasteiger partial charge in [0, 0.05) is 19.2 Å². The van der Waals surface area contributed by atoms with Gasteiger partial charge in [-0.05, 0) is 20.8 Å². The molecule has 0 atom stereocenters. The van der Waals surface area contributed by atoms with Crippen molar-refractivity contribution in [2.24, 2.45) is 0 Å². The summed E-state index contributed by atoms with van der Waals surface area (Å²) < 4.78 is 0. The van der Waals surface area contributed by atoms with Crippen molar-refractivity contribution in [2.75, 3.05) is 18.5 Å². The van der Waals surface area contributed by atoms with Crippen LogP contribution in [0, 0.1) is 6.92 Å². The monoisotopic (exact) mass is 229 g/mol. The van der Waals surface area contributed by atoms with Crippen LogP contribution >= 0.6 is 11.6 Å². The third-order valence-electron chi connectivity index (χ3n) is 1.98. The highest BCUT2D eigenvalue weighted by Gasteiger charge is 2.18. The van der Waals surface area contributed by atoms with Crippen LogP contribution in [0.25, 0.3) is 0 Å². The molecule has 5 heteroatoms. The Morgan fingerprint density at radius 1 is 1.47 bits per heavy atom. The van der Waals surface area contributed by atoms with E-state index in [1.165, 1.54) is 6.33 Å². The van der Waals surface area contributed by atoms with E-state index in [1.54, 1.807) is 13.8 Å². The van der Waals surface area contributed by atoms with Gasteiger partial charge < -0.3 is 10.0 Å². The Hall–Kier alpha value is -0.870. The van der Waals surface area contributed by atoms with E-state index in [2.05, 4.69) is 9.97 Å². The largest absolute Gasteiger partial charge is 0.389 e. The Morgan fingerprint density at radius 2 is 2.07 bits per heavy atom. The number of likely N-dealkylation sites (N-methyl/N-ethyl adjacent to an activating group) is 1. The van der Waals surface area contributed by atoms with Gasteiger partial charge in [-0.1, -0.05) is 11.6 Å². The van der Waals surface area contributed by atoms with Crippen molar-refractivity contribution in [1.29, 1.82) is 0 Å². The minimum atomic E-state index is -0.765. The Balaban J connectivity index is 2.92. The standard InChI is InChI=1S/C10H16ClN3O/c1-7-8(11)12-6-13-9(7)14(4)5-10(2,3)15/h6,15H,5H2,1-4H3. The highest BCUT2D eigenvalue weighted by atomic mass is 35.5. The number of aliphatic hydroxyl groups is 1. The molecule has 0 spiro atoms. The number of hydrogen-bond donors (Lipinski definition) is 1. The van der Waals surface area contributed by atoms with Crippen molar-refractivity contribution in [3.05, 3.63) is 17.0 Å². The van der Waals surface area contributed by atoms with Crippen molar-refractivity contribution < 1.29 is 5.11 Å². The number of anilines is 1. The maximum absolute atomic E-state index is 9.69. The highest BCUT2D eigenvalue weighted by Crippen LogP contribution is 2.21. The molecule has 0 amide bonds. The Kier molecular flexibility index (Phi) is 3.52. The second kappa shape index (κ2) is 4.33. The lowest BCUT2D eigenvalue weighted by Crippen LogP contribution is -2.37. The van der Waals surface area contributed by atoms with Crippen LogP contribution in [0.2, 0.25) is 5.15 Å². The Bertz CT molecular complexity index is 349. The predicted molar refractivity (Wildman–Crippen MR) is 61.3 cm³/mol. The molecule has 15 heavy (non-hydrogen) atoms. The normalized spacial score (nSPS) is 11.6. The van der Waals surface area contributed by atoms with Gasteiger partial charge in [0.1, 0.15) is 17.3 Å². The zero-order valence-electron chi connectivity index (χ0n) is 9.45. The summed E-state index contributed by atoms with van der Waals surface area (Å²) in [5.74, 6) is 0.747. The van der Waals surface area contributed by atoms with E-state index in [9.17, 15) is 5.11 Å². The maximum atomic E-state index is 9.69. The van der Waals surface area contributed by atoms with Crippen LogP contribution in [0.1, 0.15) is 19.4 Å². The number of nitrogens with zero attached hydrogens (tertiary/aromatic N) is 3. The van der Waals surface area contributed by atoms with Crippen LogP contribution in [0.15, 0.2) is 6.33 Å². The molecule has 1 aromatic rings. The fraction of sp³-hybridized carbons (Fsp3) is 0.600. The van der Waals surface area contributed by atoms with E-state index < -0.39 is 5.60 Å². The predicted octanol–water partition coefficient (Wildman–Crippen LogP) is 1.65. The van der Waals surface area contributed by atoms with Crippen molar-refractivity contribution in [2.45, 2.75) is 26.4 Å². The van der Waals surface area contributed by atoms with Crippen LogP contribution in [0.3, 0.4) is 0 Å². The first-order valence-corrected chi connectivity index (χ1v) is 5.09. The maximum Gasteiger partial charge on any atom is 0.137 e. The summed E-state index contributed by atoms with van der Waals surface area (Å²) in [5.41, 5.74) is 0.0597. The van der Waals surface area contributed by atoms with E-state index in [-0.39, 0.29) is 0 Å². The summed E-state index contributed by atoms with van der Waals surface area (Å²) in [6.45, 7) is 5.85. The molecule has 0 saturated heterocycles. The molecule has 0 aliphatic carbocycles. The van der Waals surface area contributed by atoms with Gasteiger partial charge in [0.25, 0.3) is 0 Å². The SMILES string of the molecule is Cc1c(Cl)ncnc1N(C)CC(C)(C)O. The fourth-order valence-corrected chi connectivity index (χ4v) is 1.59. The molecular formula is C10H16ClN3O. The van der Waals surface area contributed by atoms with Crippen molar-refractivity contribution in [3.8, 4) is 0 Å². The number of rotatable bonds is 3. The van der Waals surface area contributed by atoms with Gasteiger partial charge in [-0.3, -0.25) is 0 Å². The zero-order chi connectivity index (χ0) is 11.6. The first kappa shape index (κ1) is 12.2. The fourth-order valence-electron chi connectivity index (χ4n) is 1.46. The van der Waals surface area contributed by atoms with Crippen LogP contribution < -0.4 is 4.90 Å². The lowest BCUT2D eigenvalue weighted by atomic mass is 10.1. The summed E-state index contributed by atoms with van der Waals surface area (Å²) in [4.78, 5) is 9.89. The quantitative estimate of drug-likeness (QED) is 0.801. The molecular weight excluding hydrogens is 214 g/mol.